The fourth-order valence-electron chi connectivity index (χ4n) is 1.68. The molecule has 0 aliphatic rings. The molecule has 17 heavy (non-hydrogen) atoms. The Hall–Kier alpha value is -1.68. The summed E-state index contributed by atoms with van der Waals surface area (Å²) in [5, 5.41) is 9.31. The van der Waals surface area contributed by atoms with Crippen molar-refractivity contribution in [2.24, 2.45) is 0 Å². The van der Waals surface area contributed by atoms with Gasteiger partial charge in [-0.05, 0) is 29.3 Å². The third-order valence-corrected chi connectivity index (χ3v) is 3.00. The smallest absolute Gasteiger partial charge is 0.315 e. The molecule has 0 aliphatic heterocycles. The van der Waals surface area contributed by atoms with Crippen molar-refractivity contribution in [1.29, 1.82) is 0 Å². The second-order valence-corrected chi connectivity index (χ2v) is 4.52. The standard InChI is InChI=1S/C13H10BrNO2/c14-11-5-3-9(4-6-11)12(13(16)17)10-2-1-7-15-8-10/h1-8,12H,(H,16,17). The average molecular weight is 292 g/mol. The van der Waals surface area contributed by atoms with E-state index in [2.05, 4.69) is 20.9 Å². The third kappa shape index (κ3) is 2.71. The molecule has 0 fully saturated rings. The van der Waals surface area contributed by atoms with Crippen LogP contribution in [-0.2, 0) is 4.79 Å². The second-order valence-electron chi connectivity index (χ2n) is 3.61. The first-order valence-electron chi connectivity index (χ1n) is 5.06. The predicted molar refractivity (Wildman–Crippen MR) is 67.9 cm³/mol. The number of hydrogen-bond donors (Lipinski definition) is 1. The monoisotopic (exact) mass is 291 g/mol. The number of hydrogen-bond acceptors (Lipinski definition) is 2. The van der Waals surface area contributed by atoms with E-state index in [0.29, 0.717) is 5.56 Å². The SMILES string of the molecule is O=C(O)C(c1ccc(Br)cc1)c1cccnc1. The van der Waals surface area contributed by atoms with E-state index in [1.165, 1.54) is 0 Å². The Morgan fingerprint density at radius 1 is 1.18 bits per heavy atom. The minimum absolute atomic E-state index is 0.670. The molecule has 2 aromatic rings. The summed E-state index contributed by atoms with van der Waals surface area (Å²) in [7, 11) is 0. The number of rotatable bonds is 3. The van der Waals surface area contributed by atoms with Crippen molar-refractivity contribution in [2.75, 3.05) is 0 Å². The fraction of sp³-hybridized carbons (Fsp3) is 0.0769. The van der Waals surface area contributed by atoms with Crippen LogP contribution in [0, 0.1) is 0 Å². The van der Waals surface area contributed by atoms with Crippen molar-refractivity contribution in [3.63, 3.8) is 0 Å². The van der Waals surface area contributed by atoms with Gasteiger partial charge < -0.3 is 5.11 Å². The molecule has 1 N–H and O–H groups in total. The lowest BCUT2D eigenvalue weighted by atomic mass is 9.93. The number of nitrogens with zero attached hydrogens (tertiary/aromatic N) is 1. The fourth-order valence-corrected chi connectivity index (χ4v) is 1.94. The van der Waals surface area contributed by atoms with Crippen LogP contribution in [0.15, 0.2) is 53.3 Å². The molecule has 1 aromatic heterocycles. The van der Waals surface area contributed by atoms with Gasteiger partial charge in [0.1, 0.15) is 5.92 Å². The number of benzene rings is 1. The van der Waals surface area contributed by atoms with Gasteiger partial charge in [-0.1, -0.05) is 34.1 Å². The quantitative estimate of drug-likeness (QED) is 0.946. The van der Waals surface area contributed by atoms with Crippen molar-refractivity contribution in [3.8, 4) is 0 Å². The first-order valence-corrected chi connectivity index (χ1v) is 5.86. The Morgan fingerprint density at radius 2 is 1.88 bits per heavy atom. The van der Waals surface area contributed by atoms with Crippen molar-refractivity contribution in [1.82, 2.24) is 4.98 Å². The highest BCUT2D eigenvalue weighted by atomic mass is 79.9. The molecule has 2 rings (SSSR count). The highest BCUT2D eigenvalue weighted by molar-refractivity contribution is 9.10. The number of carboxylic acid groups (broad SMARTS) is 1. The first kappa shape index (κ1) is 11.8. The second kappa shape index (κ2) is 5.10. The van der Waals surface area contributed by atoms with E-state index in [1.807, 2.05) is 12.1 Å². The summed E-state index contributed by atoms with van der Waals surface area (Å²) in [5.41, 5.74) is 1.43. The zero-order chi connectivity index (χ0) is 12.3. The van der Waals surface area contributed by atoms with Crippen LogP contribution in [0.1, 0.15) is 17.0 Å². The lowest BCUT2D eigenvalue weighted by molar-refractivity contribution is -0.137. The van der Waals surface area contributed by atoms with E-state index in [0.717, 1.165) is 10.0 Å². The van der Waals surface area contributed by atoms with Gasteiger partial charge in [-0.25, -0.2) is 0 Å². The molecule has 0 spiro atoms. The van der Waals surface area contributed by atoms with Crippen LogP contribution < -0.4 is 0 Å². The van der Waals surface area contributed by atoms with Crippen LogP contribution in [-0.4, -0.2) is 16.1 Å². The lowest BCUT2D eigenvalue weighted by Gasteiger charge is -2.12. The summed E-state index contributed by atoms with van der Waals surface area (Å²) in [6.07, 6.45) is 3.21. The molecule has 0 amide bonds. The van der Waals surface area contributed by atoms with Crippen LogP contribution >= 0.6 is 15.9 Å². The van der Waals surface area contributed by atoms with E-state index in [9.17, 15) is 9.90 Å². The van der Waals surface area contributed by atoms with E-state index in [1.54, 1.807) is 36.7 Å². The lowest BCUT2D eigenvalue weighted by Crippen LogP contribution is -2.13. The van der Waals surface area contributed by atoms with Crippen LogP contribution in [0.4, 0.5) is 0 Å². The van der Waals surface area contributed by atoms with Crippen molar-refractivity contribution in [3.05, 3.63) is 64.4 Å². The highest BCUT2D eigenvalue weighted by Crippen LogP contribution is 2.25. The summed E-state index contributed by atoms with van der Waals surface area (Å²) in [6, 6.07) is 10.8. The molecular formula is C13H10BrNO2. The molecule has 0 bridgehead atoms. The van der Waals surface area contributed by atoms with Crippen molar-refractivity contribution in [2.45, 2.75) is 5.92 Å². The predicted octanol–water partition coefficient (Wildman–Crippen LogP) is 3.06. The Bertz CT molecular complexity index is 511. The summed E-state index contributed by atoms with van der Waals surface area (Å²) in [4.78, 5) is 15.3. The summed E-state index contributed by atoms with van der Waals surface area (Å²) >= 11 is 3.33. The minimum Gasteiger partial charge on any atom is -0.481 e. The normalized spacial score (nSPS) is 12.1. The number of carboxylic acids is 1. The van der Waals surface area contributed by atoms with Crippen molar-refractivity contribution < 1.29 is 9.90 Å². The van der Waals surface area contributed by atoms with Gasteiger partial charge in [0.25, 0.3) is 0 Å². The van der Waals surface area contributed by atoms with Gasteiger partial charge in [0.15, 0.2) is 0 Å². The third-order valence-electron chi connectivity index (χ3n) is 2.47. The number of carbonyl (C=O) groups is 1. The van der Waals surface area contributed by atoms with Crippen molar-refractivity contribution >= 4 is 21.9 Å². The molecular weight excluding hydrogens is 282 g/mol. The molecule has 0 aliphatic carbocycles. The molecule has 86 valence electrons. The van der Waals surface area contributed by atoms with Gasteiger partial charge in [0.05, 0.1) is 0 Å². The maximum Gasteiger partial charge on any atom is 0.315 e. The zero-order valence-corrected chi connectivity index (χ0v) is 10.5. The van der Waals surface area contributed by atoms with Gasteiger partial charge in [-0.15, -0.1) is 0 Å². The van der Waals surface area contributed by atoms with E-state index in [-0.39, 0.29) is 0 Å². The molecule has 0 saturated carbocycles. The van der Waals surface area contributed by atoms with Gasteiger partial charge in [0, 0.05) is 16.9 Å². The molecule has 3 nitrogen and oxygen atoms in total. The Kier molecular flexibility index (Phi) is 3.54. The largest absolute Gasteiger partial charge is 0.481 e. The van der Waals surface area contributed by atoms with E-state index >= 15 is 0 Å². The van der Waals surface area contributed by atoms with Gasteiger partial charge >= 0.3 is 5.97 Å². The molecule has 1 aromatic carbocycles. The maximum absolute atomic E-state index is 11.3. The highest BCUT2D eigenvalue weighted by Gasteiger charge is 2.21. The Labute approximate surface area is 107 Å². The molecule has 1 atom stereocenters. The van der Waals surface area contributed by atoms with Gasteiger partial charge in [-0.3, -0.25) is 9.78 Å². The van der Waals surface area contributed by atoms with E-state index in [4.69, 9.17) is 0 Å². The maximum atomic E-state index is 11.3. The molecule has 1 unspecified atom stereocenters. The number of aromatic nitrogens is 1. The van der Waals surface area contributed by atoms with Crippen LogP contribution in [0.3, 0.4) is 0 Å². The Balaban J connectivity index is 2.43. The molecule has 0 saturated heterocycles. The summed E-state index contributed by atoms with van der Waals surface area (Å²) < 4.78 is 0.927. The number of pyridine rings is 1. The molecule has 1 heterocycles. The molecule has 0 radical (unpaired) electrons. The van der Waals surface area contributed by atoms with Gasteiger partial charge in [-0.2, -0.15) is 0 Å². The number of halogens is 1. The summed E-state index contributed by atoms with van der Waals surface area (Å²) in [6.45, 7) is 0. The van der Waals surface area contributed by atoms with Crippen LogP contribution in [0.2, 0.25) is 0 Å². The number of aliphatic carboxylic acids is 1. The zero-order valence-electron chi connectivity index (χ0n) is 8.88. The Morgan fingerprint density at radius 3 is 2.41 bits per heavy atom. The van der Waals surface area contributed by atoms with E-state index < -0.39 is 11.9 Å². The minimum atomic E-state index is -0.875. The average Bonchev–Trinajstić information content (AvgIpc) is 2.33. The van der Waals surface area contributed by atoms with Crippen LogP contribution in [0.25, 0.3) is 0 Å². The van der Waals surface area contributed by atoms with Crippen LogP contribution in [0.5, 0.6) is 0 Å². The topological polar surface area (TPSA) is 50.2 Å². The first-order chi connectivity index (χ1) is 8.18. The van der Waals surface area contributed by atoms with Gasteiger partial charge in [0.2, 0.25) is 0 Å². The summed E-state index contributed by atoms with van der Waals surface area (Å²) in [5.74, 6) is -1.54. The molecule has 4 heteroatoms.